The van der Waals surface area contributed by atoms with Crippen LogP contribution in [0.25, 0.3) is 0 Å². The Balaban J connectivity index is 1.77. The van der Waals surface area contributed by atoms with Crippen molar-refractivity contribution in [1.82, 2.24) is 21.0 Å². The van der Waals surface area contributed by atoms with Crippen molar-refractivity contribution in [3.8, 4) is 0 Å². The number of nitrogens with one attached hydrogen (secondary N) is 3. The number of aliphatic hydroxyl groups excluding tert-OH is 3. The number of urea groups is 1. The number of aliphatic hydroxyl groups is 4. The summed E-state index contributed by atoms with van der Waals surface area (Å²) in [6.07, 6.45) is -4.50. The fraction of sp³-hybridized carbons (Fsp3) is 0.880. The molecule has 0 radical (unpaired) electrons. The average Bonchev–Trinajstić information content (AvgIpc) is 2.93. The van der Waals surface area contributed by atoms with Crippen molar-refractivity contribution in [2.45, 2.75) is 93.0 Å². The van der Waals surface area contributed by atoms with Crippen molar-refractivity contribution in [1.29, 1.82) is 0 Å². The highest BCUT2D eigenvalue weighted by Gasteiger charge is 2.51. The van der Waals surface area contributed by atoms with Crippen LogP contribution in [0, 0.1) is 0 Å². The molecular weight excluding hydrogens is 558 g/mol. The molecule has 17 nitrogen and oxygen atoms in total. The van der Waals surface area contributed by atoms with E-state index in [2.05, 4.69) is 16.0 Å². The maximum absolute atomic E-state index is 12.6. The number of hydroxylamine groups is 2. The number of hydrogen-bond donors (Lipinski definition) is 11. The highest BCUT2D eigenvalue weighted by Crippen LogP contribution is 2.32. The molecule has 3 aliphatic rings. The molecule has 0 spiro atoms. The lowest BCUT2D eigenvalue weighted by molar-refractivity contribution is -0.304. The number of carbonyl (C=O) groups excluding carboxylic acids is 1. The molecule has 42 heavy (non-hydrogen) atoms. The van der Waals surface area contributed by atoms with Crippen LogP contribution in [0.3, 0.4) is 0 Å². The first-order valence-electron chi connectivity index (χ1n) is 14.3. The minimum Gasteiger partial charge on any atom is -0.467 e. The van der Waals surface area contributed by atoms with E-state index in [0.717, 1.165) is 0 Å². The molecule has 0 aromatic carbocycles. The zero-order chi connectivity index (χ0) is 31.0. The number of amides is 2. The zero-order valence-corrected chi connectivity index (χ0v) is 24.2. The third-order valence-corrected chi connectivity index (χ3v) is 7.67. The fourth-order valence-corrected chi connectivity index (χ4v) is 5.39. The first-order chi connectivity index (χ1) is 19.9. The number of likely N-dealkylation sites (N-methyl/N-ethyl adjacent to an activating group) is 1. The second-order valence-electron chi connectivity index (χ2n) is 11.2. The molecular formula is C25H49N7O10. The van der Waals surface area contributed by atoms with E-state index in [-0.39, 0.29) is 32.7 Å². The van der Waals surface area contributed by atoms with Crippen LogP contribution >= 0.6 is 0 Å². The number of rotatable bonds is 13. The lowest BCUT2D eigenvalue weighted by atomic mass is 9.83. The third kappa shape index (κ3) is 8.69. The van der Waals surface area contributed by atoms with E-state index in [1.165, 1.54) is 6.92 Å². The van der Waals surface area contributed by atoms with E-state index >= 15 is 0 Å². The number of hydrogen-bond acceptors (Lipinski definition) is 15. The predicted octanol–water partition coefficient (Wildman–Crippen LogP) is -4.44. The van der Waals surface area contributed by atoms with E-state index in [0.29, 0.717) is 36.8 Å². The quantitative estimate of drug-likeness (QED) is 0.0535. The number of carbonyl (C=O) groups is 1. The van der Waals surface area contributed by atoms with Crippen molar-refractivity contribution in [2.75, 3.05) is 46.4 Å². The average molecular weight is 608 g/mol. The maximum Gasteiger partial charge on any atom is 0.341 e. The van der Waals surface area contributed by atoms with Crippen LogP contribution in [0.15, 0.2) is 11.8 Å². The summed E-state index contributed by atoms with van der Waals surface area (Å²) in [6.45, 7) is 2.21. The molecule has 1 unspecified atom stereocenters. The summed E-state index contributed by atoms with van der Waals surface area (Å²) in [4.78, 5) is 12.6. The van der Waals surface area contributed by atoms with Gasteiger partial charge in [0.2, 0.25) is 6.29 Å². The van der Waals surface area contributed by atoms with Crippen molar-refractivity contribution >= 4 is 6.03 Å². The summed E-state index contributed by atoms with van der Waals surface area (Å²) >= 11 is 0. The van der Waals surface area contributed by atoms with E-state index in [9.17, 15) is 25.3 Å². The molecule has 244 valence electrons. The summed E-state index contributed by atoms with van der Waals surface area (Å²) in [5.74, 6) is 0.586. The van der Waals surface area contributed by atoms with Gasteiger partial charge in [0.15, 0.2) is 6.29 Å². The summed E-state index contributed by atoms with van der Waals surface area (Å²) in [5, 5.41) is 61.0. The van der Waals surface area contributed by atoms with Crippen molar-refractivity contribution in [3.63, 3.8) is 0 Å². The van der Waals surface area contributed by atoms with Gasteiger partial charge in [0, 0.05) is 19.2 Å². The Morgan fingerprint density at radius 1 is 1.19 bits per heavy atom. The monoisotopic (exact) mass is 607 g/mol. The number of ether oxygens (including phenoxy) is 4. The first-order valence-corrected chi connectivity index (χ1v) is 14.3. The highest BCUT2D eigenvalue weighted by molar-refractivity contribution is 5.73. The molecule has 14 N–H and O–H groups in total. The summed E-state index contributed by atoms with van der Waals surface area (Å²) < 4.78 is 23.8. The Kier molecular flexibility index (Phi) is 13.1. The Bertz CT molecular complexity index is 886. The predicted molar refractivity (Wildman–Crippen MR) is 148 cm³/mol. The van der Waals surface area contributed by atoms with Crippen LogP contribution in [0.2, 0.25) is 0 Å². The van der Waals surface area contributed by atoms with Crippen LogP contribution in [0.5, 0.6) is 0 Å². The fourth-order valence-electron chi connectivity index (χ4n) is 5.39. The molecule has 1 aliphatic carbocycles. The van der Waals surface area contributed by atoms with Gasteiger partial charge >= 0.3 is 6.03 Å². The Morgan fingerprint density at radius 2 is 1.90 bits per heavy atom. The van der Waals surface area contributed by atoms with Crippen molar-refractivity contribution < 1.29 is 49.4 Å². The Labute approximate surface area is 245 Å². The Hall–Kier alpha value is -1.71. The van der Waals surface area contributed by atoms with Crippen LogP contribution in [-0.4, -0.2) is 150 Å². The van der Waals surface area contributed by atoms with Gasteiger partial charge in [0.25, 0.3) is 0 Å². The normalized spacial score (nSPS) is 38.9. The van der Waals surface area contributed by atoms with Gasteiger partial charge in [-0.15, -0.1) is 0 Å². The van der Waals surface area contributed by atoms with Crippen LogP contribution < -0.4 is 33.2 Å². The van der Waals surface area contributed by atoms with Gasteiger partial charge in [-0.1, -0.05) is 0 Å². The number of nitrogens with zero attached hydrogens (tertiary/aromatic N) is 1. The van der Waals surface area contributed by atoms with E-state index in [1.54, 1.807) is 7.05 Å². The molecule has 1 saturated heterocycles. The molecule has 2 amide bonds. The molecule has 3 rings (SSSR count). The van der Waals surface area contributed by atoms with Gasteiger partial charge < -0.3 is 72.5 Å². The van der Waals surface area contributed by atoms with Gasteiger partial charge in [-0.2, -0.15) is 0 Å². The Morgan fingerprint density at radius 3 is 2.57 bits per heavy atom. The topological polar surface area (TPSA) is 273 Å². The lowest BCUT2D eigenvalue weighted by Gasteiger charge is -2.48. The highest BCUT2D eigenvalue weighted by atomic mass is 16.7. The minimum absolute atomic E-state index is 0.00897. The van der Waals surface area contributed by atoms with E-state index < -0.39 is 72.8 Å². The van der Waals surface area contributed by atoms with Crippen molar-refractivity contribution in [2.24, 2.45) is 17.2 Å². The second-order valence-corrected chi connectivity index (χ2v) is 11.2. The largest absolute Gasteiger partial charge is 0.467 e. The molecule has 17 heteroatoms. The summed E-state index contributed by atoms with van der Waals surface area (Å²) in [5.41, 5.74) is 16.7. The third-order valence-electron chi connectivity index (χ3n) is 7.67. The van der Waals surface area contributed by atoms with E-state index in [1.807, 2.05) is 6.08 Å². The molecule has 1 saturated carbocycles. The van der Waals surface area contributed by atoms with Crippen molar-refractivity contribution in [3.05, 3.63) is 11.8 Å². The molecule has 2 heterocycles. The summed E-state index contributed by atoms with van der Waals surface area (Å²) in [7, 11) is 1.57. The minimum atomic E-state index is -1.47. The molecule has 0 aromatic heterocycles. The van der Waals surface area contributed by atoms with Gasteiger partial charge in [0.05, 0.1) is 37.8 Å². The van der Waals surface area contributed by atoms with Gasteiger partial charge in [0.1, 0.15) is 35.8 Å². The molecule has 2 aliphatic heterocycles. The van der Waals surface area contributed by atoms with Gasteiger partial charge in [-0.25, -0.2) is 9.86 Å². The summed E-state index contributed by atoms with van der Waals surface area (Å²) in [6, 6.07) is -4.07. The van der Waals surface area contributed by atoms with Gasteiger partial charge in [-0.3, -0.25) is 5.21 Å². The maximum atomic E-state index is 12.6. The smallest absolute Gasteiger partial charge is 0.341 e. The second kappa shape index (κ2) is 15.8. The standard InChI is InChI=1S/C25H49N7O10/c1-25(37)12-39-23(18(35)21(25)29-2)42-20-16(31-24(36)32(38)8-6-26)10-15(28)19(17(20)34)41-22-14(27)5-4-13(40-22)11-30-7-3-9-33/h4,14-23,29-30,33-35,37-38H,3,5-12,26-28H2,1-2H3,(H,31,36)/t14-,15+,16-,17+,18-,19?,20+,21-,22-,23-,25+/m1/s1. The molecule has 2 fully saturated rings. The van der Waals surface area contributed by atoms with Gasteiger partial charge in [-0.05, 0) is 45.9 Å². The lowest BCUT2D eigenvalue weighted by Crippen LogP contribution is -2.69. The number of nitrogens with two attached hydrogens (primary N) is 3. The van der Waals surface area contributed by atoms with Crippen LogP contribution in [0.1, 0.15) is 26.2 Å². The molecule has 0 bridgehead atoms. The van der Waals surface area contributed by atoms with E-state index in [4.69, 9.17) is 41.3 Å². The first kappa shape index (κ1) is 34.8. The van der Waals surface area contributed by atoms with Crippen LogP contribution in [0.4, 0.5) is 4.79 Å². The zero-order valence-electron chi connectivity index (χ0n) is 24.2. The van der Waals surface area contributed by atoms with Crippen LogP contribution in [-0.2, 0) is 18.9 Å². The SMILES string of the molecule is CN[C@@H]1[C@@H](O)[C@@H](O[C@H]2[C@H](NC(=O)N(O)CCN)C[C@H](N)C(O[C@H]3OC(CNCCCO)=CC[C@H]3N)[C@@H]2O)OC[C@]1(C)O. The molecule has 0 aromatic rings. The molecule has 11 atom stereocenters.